The molecule has 3 nitrogen and oxygen atoms in total. The van der Waals surface area contributed by atoms with E-state index in [2.05, 4.69) is 22.2 Å². The Morgan fingerprint density at radius 1 is 1.53 bits per heavy atom. The molecule has 2 heterocycles. The number of piperidine rings is 1. The number of methoxy groups -OCH3 is 1. The van der Waals surface area contributed by atoms with Crippen molar-refractivity contribution in [3.63, 3.8) is 0 Å². The smallest absolute Gasteiger partial charge is 0.185 e. The van der Waals surface area contributed by atoms with Gasteiger partial charge in [0.1, 0.15) is 0 Å². The molecule has 1 aromatic rings. The van der Waals surface area contributed by atoms with Gasteiger partial charge in [0.15, 0.2) is 5.13 Å². The number of aromatic nitrogens is 1. The van der Waals surface area contributed by atoms with E-state index in [1.54, 1.807) is 18.4 Å². The molecule has 1 aromatic heterocycles. The van der Waals surface area contributed by atoms with Gasteiger partial charge in [0.2, 0.25) is 0 Å². The van der Waals surface area contributed by atoms with Gasteiger partial charge in [-0.2, -0.15) is 0 Å². The van der Waals surface area contributed by atoms with Crippen LogP contribution in [-0.2, 0) is 11.2 Å². The summed E-state index contributed by atoms with van der Waals surface area (Å²) in [6.07, 6.45) is 3.73. The molecular weight excluding hydrogens is 208 g/mol. The number of nitrogens with zero attached hydrogens (tertiary/aromatic N) is 2. The largest absolute Gasteiger partial charge is 0.381 e. The zero-order valence-electron chi connectivity index (χ0n) is 9.40. The third-order valence-corrected chi connectivity index (χ3v) is 3.90. The summed E-state index contributed by atoms with van der Waals surface area (Å²) in [6.45, 7) is 4.31. The fourth-order valence-corrected chi connectivity index (χ4v) is 2.85. The second-order valence-corrected chi connectivity index (χ2v) is 4.73. The lowest BCUT2D eigenvalue weighted by Crippen LogP contribution is -2.36. The van der Waals surface area contributed by atoms with Gasteiger partial charge >= 0.3 is 0 Å². The number of hydrogen-bond donors (Lipinski definition) is 0. The molecule has 0 spiro atoms. The summed E-state index contributed by atoms with van der Waals surface area (Å²) in [5.74, 6) is 0. The minimum Gasteiger partial charge on any atom is -0.381 e. The normalized spacial score (nSPS) is 18.4. The number of anilines is 1. The Kier molecular flexibility index (Phi) is 3.59. The Balaban J connectivity index is 1.95. The first-order valence-electron chi connectivity index (χ1n) is 5.55. The standard InChI is InChI=1S/C11H18N2OS/c1-3-9-8-15-11(12-9)13-6-4-10(14-2)5-7-13/h8,10H,3-7H2,1-2H3. The molecule has 0 aromatic carbocycles. The first kappa shape index (κ1) is 10.9. The first-order valence-corrected chi connectivity index (χ1v) is 6.43. The molecule has 0 N–H and O–H groups in total. The lowest BCUT2D eigenvalue weighted by molar-refractivity contribution is 0.0819. The van der Waals surface area contributed by atoms with Crippen LogP contribution in [0.1, 0.15) is 25.5 Å². The first-order chi connectivity index (χ1) is 7.33. The van der Waals surface area contributed by atoms with Crippen molar-refractivity contribution in [3.05, 3.63) is 11.1 Å². The van der Waals surface area contributed by atoms with Gasteiger partial charge in [-0.25, -0.2) is 4.98 Å². The average Bonchev–Trinajstić information content (AvgIpc) is 2.78. The number of rotatable bonds is 3. The van der Waals surface area contributed by atoms with E-state index in [1.807, 2.05) is 0 Å². The number of hydrogen-bond acceptors (Lipinski definition) is 4. The number of aryl methyl sites for hydroxylation is 1. The van der Waals surface area contributed by atoms with Crippen LogP contribution in [0.3, 0.4) is 0 Å². The highest BCUT2D eigenvalue weighted by molar-refractivity contribution is 7.13. The fraction of sp³-hybridized carbons (Fsp3) is 0.727. The van der Waals surface area contributed by atoms with Crippen LogP contribution in [0.5, 0.6) is 0 Å². The van der Waals surface area contributed by atoms with Crippen molar-refractivity contribution in [3.8, 4) is 0 Å². The van der Waals surface area contributed by atoms with Gasteiger partial charge in [0.05, 0.1) is 11.8 Å². The number of ether oxygens (including phenoxy) is 1. The SMILES string of the molecule is CCc1csc(N2CCC(OC)CC2)n1. The lowest BCUT2D eigenvalue weighted by atomic mass is 10.1. The van der Waals surface area contributed by atoms with E-state index < -0.39 is 0 Å². The zero-order valence-corrected chi connectivity index (χ0v) is 10.2. The van der Waals surface area contributed by atoms with Crippen LogP contribution in [-0.4, -0.2) is 31.3 Å². The molecule has 0 unspecified atom stereocenters. The van der Waals surface area contributed by atoms with E-state index in [9.17, 15) is 0 Å². The van der Waals surface area contributed by atoms with Gasteiger partial charge in [-0.15, -0.1) is 11.3 Å². The summed E-state index contributed by atoms with van der Waals surface area (Å²) in [5.41, 5.74) is 1.21. The van der Waals surface area contributed by atoms with E-state index >= 15 is 0 Å². The van der Waals surface area contributed by atoms with E-state index in [0.717, 1.165) is 32.4 Å². The minimum atomic E-state index is 0.451. The summed E-state index contributed by atoms with van der Waals surface area (Å²) >= 11 is 1.76. The molecule has 4 heteroatoms. The molecule has 0 saturated carbocycles. The molecule has 0 radical (unpaired) electrons. The lowest BCUT2D eigenvalue weighted by Gasteiger charge is -2.30. The summed E-state index contributed by atoms with van der Waals surface area (Å²) in [6, 6.07) is 0. The average molecular weight is 226 g/mol. The molecular formula is C11H18N2OS. The zero-order chi connectivity index (χ0) is 10.7. The molecule has 0 atom stereocenters. The van der Waals surface area contributed by atoms with Gasteiger partial charge in [0.25, 0.3) is 0 Å². The van der Waals surface area contributed by atoms with Crippen molar-refractivity contribution in [2.45, 2.75) is 32.3 Å². The highest BCUT2D eigenvalue weighted by Crippen LogP contribution is 2.24. The van der Waals surface area contributed by atoms with E-state index in [1.165, 1.54) is 10.8 Å². The van der Waals surface area contributed by atoms with Gasteiger partial charge < -0.3 is 9.64 Å². The summed E-state index contributed by atoms with van der Waals surface area (Å²) in [5, 5.41) is 3.35. The Labute approximate surface area is 95.1 Å². The molecule has 2 rings (SSSR count). The molecule has 0 bridgehead atoms. The maximum atomic E-state index is 5.36. The molecule has 0 amide bonds. The maximum Gasteiger partial charge on any atom is 0.185 e. The molecule has 1 aliphatic heterocycles. The molecule has 15 heavy (non-hydrogen) atoms. The van der Waals surface area contributed by atoms with Gasteiger partial charge in [-0.3, -0.25) is 0 Å². The van der Waals surface area contributed by atoms with Crippen molar-refractivity contribution in [2.24, 2.45) is 0 Å². The van der Waals surface area contributed by atoms with Crippen LogP contribution >= 0.6 is 11.3 Å². The topological polar surface area (TPSA) is 25.4 Å². The predicted molar refractivity (Wildman–Crippen MR) is 63.7 cm³/mol. The Bertz CT molecular complexity index is 305. The number of thiazole rings is 1. The van der Waals surface area contributed by atoms with Crippen LogP contribution in [0.4, 0.5) is 5.13 Å². The van der Waals surface area contributed by atoms with Gasteiger partial charge in [-0.05, 0) is 19.3 Å². The summed E-state index contributed by atoms with van der Waals surface area (Å²) < 4.78 is 5.36. The predicted octanol–water partition coefficient (Wildman–Crippen LogP) is 2.32. The second kappa shape index (κ2) is 4.94. The second-order valence-electron chi connectivity index (χ2n) is 3.90. The van der Waals surface area contributed by atoms with E-state index in [-0.39, 0.29) is 0 Å². The Morgan fingerprint density at radius 3 is 2.80 bits per heavy atom. The Morgan fingerprint density at radius 2 is 2.27 bits per heavy atom. The fourth-order valence-electron chi connectivity index (χ4n) is 1.89. The van der Waals surface area contributed by atoms with Crippen molar-refractivity contribution in [1.29, 1.82) is 0 Å². The van der Waals surface area contributed by atoms with Gasteiger partial charge in [0, 0.05) is 25.6 Å². The monoisotopic (exact) mass is 226 g/mol. The highest BCUT2D eigenvalue weighted by Gasteiger charge is 2.20. The third kappa shape index (κ3) is 2.49. The summed E-state index contributed by atoms with van der Waals surface area (Å²) in [7, 11) is 1.80. The molecule has 1 saturated heterocycles. The highest BCUT2D eigenvalue weighted by atomic mass is 32.1. The maximum absolute atomic E-state index is 5.36. The summed E-state index contributed by atoms with van der Waals surface area (Å²) in [4.78, 5) is 6.98. The van der Waals surface area contributed by atoms with Crippen LogP contribution in [0.2, 0.25) is 0 Å². The van der Waals surface area contributed by atoms with Crippen molar-refractivity contribution < 1.29 is 4.74 Å². The van der Waals surface area contributed by atoms with Crippen molar-refractivity contribution in [1.82, 2.24) is 4.98 Å². The Hall–Kier alpha value is -0.610. The van der Waals surface area contributed by atoms with Crippen LogP contribution in [0, 0.1) is 0 Å². The van der Waals surface area contributed by atoms with E-state index in [4.69, 9.17) is 4.74 Å². The molecule has 1 aliphatic rings. The molecule has 84 valence electrons. The van der Waals surface area contributed by atoms with Crippen molar-refractivity contribution >= 4 is 16.5 Å². The molecule has 1 fully saturated rings. The van der Waals surface area contributed by atoms with E-state index in [0.29, 0.717) is 6.10 Å². The third-order valence-electron chi connectivity index (χ3n) is 2.95. The van der Waals surface area contributed by atoms with Crippen LogP contribution in [0.15, 0.2) is 5.38 Å². The minimum absolute atomic E-state index is 0.451. The quantitative estimate of drug-likeness (QED) is 0.791. The van der Waals surface area contributed by atoms with Crippen molar-refractivity contribution in [2.75, 3.05) is 25.1 Å². The van der Waals surface area contributed by atoms with Crippen LogP contribution in [0.25, 0.3) is 0 Å². The van der Waals surface area contributed by atoms with Gasteiger partial charge in [-0.1, -0.05) is 6.92 Å². The molecule has 0 aliphatic carbocycles. The van der Waals surface area contributed by atoms with Crippen LogP contribution < -0.4 is 4.90 Å².